The van der Waals surface area contributed by atoms with Crippen molar-refractivity contribution >= 4 is 53.5 Å². The molecule has 11 heteroatoms. The van der Waals surface area contributed by atoms with Crippen molar-refractivity contribution in [2.45, 2.75) is 65.1 Å². The van der Waals surface area contributed by atoms with E-state index in [4.69, 9.17) is 14.7 Å². The molecule has 4 rings (SSSR count). The van der Waals surface area contributed by atoms with Crippen molar-refractivity contribution in [3.63, 3.8) is 0 Å². The van der Waals surface area contributed by atoms with Crippen LogP contribution in [-0.4, -0.2) is 70.7 Å². The second kappa shape index (κ2) is 23.8. The Morgan fingerprint density at radius 2 is 1.04 bits per heavy atom. The first-order chi connectivity index (χ1) is 26.5. The Bertz CT molecular complexity index is 1930. The maximum atomic E-state index is 12.1. The van der Waals surface area contributed by atoms with Crippen LogP contribution in [0.3, 0.4) is 0 Å². The van der Waals surface area contributed by atoms with E-state index in [1.54, 1.807) is 34.0 Å². The topological polar surface area (TPSA) is 127 Å². The van der Waals surface area contributed by atoms with Crippen molar-refractivity contribution in [2.75, 3.05) is 49.1 Å². The molecule has 3 aromatic carbocycles. The summed E-state index contributed by atoms with van der Waals surface area (Å²) in [5.74, 6) is -0.965. The summed E-state index contributed by atoms with van der Waals surface area (Å²) in [6.45, 7) is 10.8. The summed E-state index contributed by atoms with van der Waals surface area (Å²) in [4.78, 5) is 42.2. The number of nitriles is 2. The first-order valence-corrected chi connectivity index (χ1v) is 18.3. The molecule has 0 aromatic heterocycles. The summed E-state index contributed by atoms with van der Waals surface area (Å²) in [6, 6.07) is 28.1. The van der Waals surface area contributed by atoms with Gasteiger partial charge in [-0.05, 0) is 99.7 Å². The van der Waals surface area contributed by atoms with Crippen molar-refractivity contribution in [3.05, 3.63) is 113 Å². The molecule has 0 N–H and O–H groups in total. The van der Waals surface area contributed by atoms with Gasteiger partial charge < -0.3 is 35.9 Å². The molecule has 0 heterocycles. The molecule has 1 fully saturated rings. The predicted octanol–water partition coefficient (Wildman–Crippen LogP) is 7.98. The minimum Gasteiger partial charge on any atom is -0.463 e. The van der Waals surface area contributed by atoms with Gasteiger partial charge in [0, 0.05) is 61.9 Å². The van der Waals surface area contributed by atoms with E-state index in [1.165, 1.54) is 12.2 Å². The van der Waals surface area contributed by atoms with Crippen molar-refractivity contribution in [1.82, 2.24) is 0 Å². The van der Waals surface area contributed by atoms with E-state index in [-0.39, 0.29) is 73.0 Å². The van der Waals surface area contributed by atoms with Crippen LogP contribution in [0.2, 0.25) is 0 Å². The Morgan fingerprint density at radius 3 is 1.38 bits per heavy atom. The Labute approximate surface area is 356 Å². The van der Waals surface area contributed by atoms with Crippen LogP contribution in [0.5, 0.6) is 0 Å². The molecule has 0 spiro atoms. The van der Waals surface area contributed by atoms with Crippen molar-refractivity contribution < 1.29 is 55.0 Å². The second-order valence-electron chi connectivity index (χ2n) is 13.0. The summed E-state index contributed by atoms with van der Waals surface area (Å²) in [7, 11) is 6.31. The van der Waals surface area contributed by atoms with Gasteiger partial charge in [0.05, 0.1) is 19.5 Å². The van der Waals surface area contributed by atoms with Crippen molar-refractivity contribution in [3.8, 4) is 12.1 Å². The maximum Gasteiger partial charge on any atom is 2.00 e. The number of hydrogen-bond acceptors (Lipinski definition) is 10. The second-order valence-corrected chi connectivity index (χ2v) is 13.0. The van der Waals surface area contributed by atoms with Crippen LogP contribution < -0.4 is 14.7 Å². The molecule has 1 aliphatic rings. The molecule has 56 heavy (non-hydrogen) atoms. The van der Waals surface area contributed by atoms with Gasteiger partial charge in [0.15, 0.2) is 0 Å². The van der Waals surface area contributed by atoms with Crippen LogP contribution in [-0.2, 0) is 23.9 Å². The van der Waals surface area contributed by atoms with E-state index in [0.717, 1.165) is 53.0 Å². The van der Waals surface area contributed by atoms with E-state index in [1.807, 2.05) is 78.9 Å². The largest absolute Gasteiger partial charge is 2.00 e. The zero-order valence-electron chi connectivity index (χ0n) is 33.4. The summed E-state index contributed by atoms with van der Waals surface area (Å²) < 4.78 is 10.1. The van der Waals surface area contributed by atoms with Gasteiger partial charge in [-0.25, -0.2) is 9.59 Å². The van der Waals surface area contributed by atoms with Crippen molar-refractivity contribution in [2.24, 2.45) is 0 Å². The normalized spacial score (nSPS) is 16.7. The third-order valence-corrected chi connectivity index (χ3v) is 9.63. The summed E-state index contributed by atoms with van der Waals surface area (Å²) >= 11 is 0. The van der Waals surface area contributed by atoms with Gasteiger partial charge in [0.2, 0.25) is 0 Å². The number of hydrogen-bond donors (Lipinski definition) is 0. The molecule has 1 aliphatic carbocycles. The van der Waals surface area contributed by atoms with Crippen LogP contribution in [0.15, 0.2) is 89.5 Å². The molecule has 3 atom stereocenters. The van der Waals surface area contributed by atoms with Gasteiger partial charge in [-0.1, -0.05) is 53.6 Å². The average Bonchev–Trinajstić information content (AvgIpc) is 3.22. The van der Waals surface area contributed by atoms with E-state index in [9.17, 15) is 19.6 Å². The Balaban J connectivity index is 0.00000355. The molecule has 3 aromatic rings. The number of allylic oxidation sites excluding steroid dienone is 1. The molecule has 10 nitrogen and oxygen atoms in total. The number of rotatable bonds is 14. The van der Waals surface area contributed by atoms with Gasteiger partial charge in [-0.2, -0.15) is 12.2 Å². The third-order valence-electron chi connectivity index (χ3n) is 9.63. The average molecular weight is 980 g/mol. The molecule has 0 amide bonds. The zero-order valence-corrected chi connectivity index (χ0v) is 37.6. The fraction of sp³-hybridized carbons (Fsp3) is 0.333. The third kappa shape index (κ3) is 13.0. The monoisotopic (exact) mass is 979 g/mol. The molecule has 290 valence electrons. The van der Waals surface area contributed by atoms with Gasteiger partial charge in [-0.15, -0.1) is 6.08 Å². The minimum atomic E-state index is -0.640. The summed E-state index contributed by atoms with van der Waals surface area (Å²) in [5.41, 5.74) is 5.93. The predicted molar refractivity (Wildman–Crippen MR) is 221 cm³/mol. The Hall–Kier alpha value is -5.08. The fourth-order valence-electron chi connectivity index (χ4n) is 6.55. The SMILES string of the molecule is CCOC(=O)/C(C)=C/c1ccc(N(C)C2CC(N(C)c3ccc(/C=C(\C#N)[C-]=O)cc3)CC(N(C)c3ccc(/C=C(\C#N)C(=O)OCC)cc3)C2)cc1.[CH2-]C.[U+2]. The molecule has 0 radical (unpaired) electrons. The van der Waals surface area contributed by atoms with E-state index >= 15 is 0 Å². The molecule has 0 saturated heterocycles. The number of carbonyl (C=O) groups is 2. The van der Waals surface area contributed by atoms with Gasteiger partial charge in [-0.3, -0.25) is 5.26 Å². The zero-order chi connectivity index (χ0) is 40.5. The van der Waals surface area contributed by atoms with Crippen LogP contribution in [0.4, 0.5) is 17.1 Å². The van der Waals surface area contributed by atoms with Gasteiger partial charge >= 0.3 is 43.1 Å². The van der Waals surface area contributed by atoms with Gasteiger partial charge in [0.1, 0.15) is 11.6 Å². The van der Waals surface area contributed by atoms with E-state index in [0.29, 0.717) is 12.2 Å². The van der Waals surface area contributed by atoms with E-state index < -0.39 is 5.97 Å². The number of nitrogens with zero attached hydrogens (tertiary/aromatic N) is 5. The smallest absolute Gasteiger partial charge is 0.463 e. The Kier molecular flexibility index (Phi) is 20.0. The van der Waals surface area contributed by atoms with Crippen LogP contribution >= 0.6 is 0 Å². The summed E-state index contributed by atoms with van der Waals surface area (Å²) in [6.07, 6.45) is 9.23. The standard InChI is InChI=1S/C43H46N5O5.C2H5.U/c1-7-52-42(50)30(3)21-31-9-15-36(16-10-31)46(4)39-24-40(47(5)37-17-11-32(12-18-37)22-34(27-44)29-49)26-41(25-39)48(6)38-19-13-33(14-20-38)23-35(28-45)43(51)53-8-2;1-2;/h9-23,39-41H,7-8,24-26H2,1-6H3;1H2,2H3;/q2*-1;+2/b30-21+,34-22+,35-23+;;. The maximum absolute atomic E-state index is 12.1. The molecule has 1 saturated carbocycles. The number of ether oxygens (including phenoxy) is 2. The van der Waals surface area contributed by atoms with Gasteiger partial charge in [0.25, 0.3) is 0 Å². The quantitative estimate of drug-likeness (QED) is 0.0680. The van der Waals surface area contributed by atoms with Crippen molar-refractivity contribution in [1.29, 1.82) is 10.5 Å². The molecular formula is C45H51N5O5U. The van der Waals surface area contributed by atoms with E-state index in [2.05, 4.69) is 54.9 Å². The first kappa shape index (κ1) is 47.1. The minimum absolute atomic E-state index is 0. The number of benzene rings is 3. The number of carbonyl (C=O) groups excluding carboxylic acids is 3. The molecule has 0 aliphatic heterocycles. The van der Waals surface area contributed by atoms with Crippen LogP contribution in [0.25, 0.3) is 18.2 Å². The molecule has 3 unspecified atom stereocenters. The number of anilines is 3. The molecular weight excluding hydrogens is 929 g/mol. The Morgan fingerprint density at radius 1 is 0.679 bits per heavy atom. The first-order valence-electron chi connectivity index (χ1n) is 18.3. The number of esters is 2. The van der Waals surface area contributed by atoms with Crippen LogP contribution in [0.1, 0.15) is 63.6 Å². The molecule has 0 bridgehead atoms. The summed E-state index contributed by atoms with van der Waals surface area (Å²) in [5, 5.41) is 18.6. The van der Waals surface area contributed by atoms with Crippen LogP contribution in [0, 0.1) is 60.7 Å². The fourth-order valence-corrected chi connectivity index (χ4v) is 6.55.